The lowest BCUT2D eigenvalue weighted by Gasteiger charge is -2.33. The first-order valence-electron chi connectivity index (χ1n) is 7.16. The zero-order valence-corrected chi connectivity index (χ0v) is 12.1. The first kappa shape index (κ1) is 15.9. The van der Waals surface area contributed by atoms with Crippen LogP contribution in [0.5, 0.6) is 0 Å². The SMILES string of the molecule is CN(CC(=O)Nc1cc(F)cc(F)c1)C1CCC(N)CC1. The quantitative estimate of drug-likeness (QED) is 0.895. The lowest BCUT2D eigenvalue weighted by Crippen LogP contribution is -2.42. The minimum absolute atomic E-state index is 0.136. The molecule has 1 aliphatic carbocycles. The van der Waals surface area contributed by atoms with Crippen molar-refractivity contribution in [3.05, 3.63) is 29.8 Å². The number of nitrogens with one attached hydrogen (secondary N) is 1. The summed E-state index contributed by atoms with van der Waals surface area (Å²) in [5, 5.41) is 2.52. The molecule has 0 unspecified atom stereocenters. The predicted molar refractivity (Wildman–Crippen MR) is 77.8 cm³/mol. The fourth-order valence-corrected chi connectivity index (χ4v) is 2.72. The van der Waals surface area contributed by atoms with Gasteiger partial charge in [-0.15, -0.1) is 0 Å². The topological polar surface area (TPSA) is 58.4 Å². The summed E-state index contributed by atoms with van der Waals surface area (Å²) in [4.78, 5) is 13.9. The molecule has 4 nitrogen and oxygen atoms in total. The molecule has 1 amide bonds. The average Bonchev–Trinajstić information content (AvgIpc) is 2.37. The standard InChI is InChI=1S/C15H21F2N3O/c1-20(14-4-2-12(18)3-5-14)9-15(21)19-13-7-10(16)6-11(17)8-13/h6-8,12,14H,2-5,9,18H2,1H3,(H,19,21). The first-order chi connectivity index (χ1) is 9.94. The highest BCUT2D eigenvalue weighted by Crippen LogP contribution is 2.21. The fourth-order valence-electron chi connectivity index (χ4n) is 2.72. The Labute approximate surface area is 123 Å². The number of nitrogens with two attached hydrogens (primary N) is 1. The molecule has 0 aromatic heterocycles. The Kier molecular flexibility index (Phi) is 5.25. The number of hydrogen-bond acceptors (Lipinski definition) is 3. The molecule has 1 fully saturated rings. The Morgan fingerprint density at radius 2 is 1.81 bits per heavy atom. The maximum atomic E-state index is 13.1. The molecular formula is C15H21F2N3O. The van der Waals surface area contributed by atoms with E-state index in [1.807, 2.05) is 11.9 Å². The third-order valence-electron chi connectivity index (χ3n) is 3.90. The second-order valence-corrected chi connectivity index (χ2v) is 5.69. The van der Waals surface area contributed by atoms with Crippen LogP contribution in [0, 0.1) is 11.6 Å². The van der Waals surface area contributed by atoms with Gasteiger partial charge in [-0.05, 0) is 44.9 Å². The maximum Gasteiger partial charge on any atom is 0.238 e. The van der Waals surface area contributed by atoms with Crippen molar-refractivity contribution in [2.45, 2.75) is 37.8 Å². The van der Waals surface area contributed by atoms with Crippen LogP contribution in [-0.2, 0) is 4.79 Å². The number of amides is 1. The van der Waals surface area contributed by atoms with Gasteiger partial charge < -0.3 is 11.1 Å². The van der Waals surface area contributed by atoms with Crippen LogP contribution in [0.1, 0.15) is 25.7 Å². The number of rotatable bonds is 4. The lowest BCUT2D eigenvalue weighted by atomic mass is 9.91. The predicted octanol–water partition coefficient (Wildman–Crippen LogP) is 2.10. The highest BCUT2D eigenvalue weighted by atomic mass is 19.1. The number of carbonyl (C=O) groups is 1. The van der Waals surface area contributed by atoms with Crippen LogP contribution < -0.4 is 11.1 Å². The summed E-state index contributed by atoms with van der Waals surface area (Å²) in [5.74, 6) is -1.70. The molecule has 0 heterocycles. The summed E-state index contributed by atoms with van der Waals surface area (Å²) in [5.41, 5.74) is 6.00. The Balaban J connectivity index is 1.86. The number of hydrogen-bond donors (Lipinski definition) is 2. The van der Waals surface area contributed by atoms with Gasteiger partial charge in [0.1, 0.15) is 11.6 Å². The Morgan fingerprint density at radius 3 is 2.38 bits per heavy atom. The van der Waals surface area contributed by atoms with Gasteiger partial charge in [-0.25, -0.2) is 8.78 Å². The second-order valence-electron chi connectivity index (χ2n) is 5.69. The molecule has 0 saturated heterocycles. The molecule has 1 aliphatic rings. The first-order valence-corrected chi connectivity index (χ1v) is 7.16. The molecule has 1 aromatic carbocycles. The Hall–Kier alpha value is -1.53. The van der Waals surface area contributed by atoms with E-state index in [0.29, 0.717) is 6.04 Å². The number of carbonyl (C=O) groups excluding carboxylic acids is 1. The molecule has 0 aliphatic heterocycles. The highest BCUT2D eigenvalue weighted by Gasteiger charge is 2.23. The number of likely N-dealkylation sites (N-methyl/N-ethyl adjacent to an activating group) is 1. The molecule has 3 N–H and O–H groups in total. The zero-order valence-electron chi connectivity index (χ0n) is 12.1. The Morgan fingerprint density at radius 1 is 1.24 bits per heavy atom. The molecule has 116 valence electrons. The summed E-state index contributed by atoms with van der Waals surface area (Å²) in [6.07, 6.45) is 3.87. The van der Waals surface area contributed by atoms with Gasteiger partial charge in [-0.1, -0.05) is 0 Å². The molecule has 0 bridgehead atoms. The molecule has 0 atom stereocenters. The van der Waals surface area contributed by atoms with Gasteiger partial charge in [-0.2, -0.15) is 0 Å². The molecule has 1 saturated carbocycles. The molecule has 2 rings (SSSR count). The van der Waals surface area contributed by atoms with E-state index in [4.69, 9.17) is 5.73 Å². The van der Waals surface area contributed by atoms with Gasteiger partial charge in [0.05, 0.1) is 6.54 Å². The summed E-state index contributed by atoms with van der Waals surface area (Å²) in [6.45, 7) is 0.192. The van der Waals surface area contributed by atoms with E-state index in [9.17, 15) is 13.6 Å². The fraction of sp³-hybridized carbons (Fsp3) is 0.533. The van der Waals surface area contributed by atoms with Crippen LogP contribution in [0.4, 0.5) is 14.5 Å². The normalized spacial score (nSPS) is 22.3. The molecular weight excluding hydrogens is 276 g/mol. The van der Waals surface area contributed by atoms with Crippen LogP contribution in [0.25, 0.3) is 0 Å². The van der Waals surface area contributed by atoms with E-state index in [1.54, 1.807) is 0 Å². The van der Waals surface area contributed by atoms with Gasteiger partial charge in [0.2, 0.25) is 5.91 Å². The molecule has 0 spiro atoms. The van der Waals surface area contributed by atoms with E-state index in [0.717, 1.165) is 43.9 Å². The summed E-state index contributed by atoms with van der Waals surface area (Å²) in [7, 11) is 1.88. The number of nitrogens with zero attached hydrogens (tertiary/aromatic N) is 1. The van der Waals surface area contributed by atoms with Crippen LogP contribution in [0.15, 0.2) is 18.2 Å². The number of halogens is 2. The van der Waals surface area contributed by atoms with Crippen LogP contribution >= 0.6 is 0 Å². The van der Waals surface area contributed by atoms with E-state index in [1.165, 1.54) is 0 Å². The number of anilines is 1. The largest absolute Gasteiger partial charge is 0.328 e. The smallest absolute Gasteiger partial charge is 0.238 e. The average molecular weight is 297 g/mol. The summed E-state index contributed by atoms with van der Waals surface area (Å²) >= 11 is 0. The lowest BCUT2D eigenvalue weighted by molar-refractivity contribution is -0.117. The van der Waals surface area contributed by atoms with Crippen LogP contribution in [0.3, 0.4) is 0 Å². The zero-order chi connectivity index (χ0) is 15.4. The van der Waals surface area contributed by atoms with Crippen LogP contribution in [0.2, 0.25) is 0 Å². The van der Waals surface area contributed by atoms with Crippen molar-refractivity contribution in [2.24, 2.45) is 5.73 Å². The Bertz CT molecular complexity index is 481. The van der Waals surface area contributed by atoms with E-state index in [-0.39, 0.29) is 24.2 Å². The van der Waals surface area contributed by atoms with Gasteiger partial charge in [-0.3, -0.25) is 9.69 Å². The summed E-state index contributed by atoms with van der Waals surface area (Å²) in [6, 6.07) is 3.56. The van der Waals surface area contributed by atoms with E-state index in [2.05, 4.69) is 5.32 Å². The number of benzene rings is 1. The van der Waals surface area contributed by atoms with Crippen molar-refractivity contribution in [3.63, 3.8) is 0 Å². The minimum Gasteiger partial charge on any atom is -0.328 e. The molecule has 0 radical (unpaired) electrons. The van der Waals surface area contributed by atoms with Crippen molar-refractivity contribution in [3.8, 4) is 0 Å². The molecule has 1 aromatic rings. The van der Waals surface area contributed by atoms with Crippen molar-refractivity contribution >= 4 is 11.6 Å². The highest BCUT2D eigenvalue weighted by molar-refractivity contribution is 5.92. The van der Waals surface area contributed by atoms with Gasteiger partial charge in [0.25, 0.3) is 0 Å². The van der Waals surface area contributed by atoms with Crippen molar-refractivity contribution in [1.29, 1.82) is 0 Å². The third kappa shape index (κ3) is 4.75. The van der Waals surface area contributed by atoms with Crippen LogP contribution in [-0.4, -0.2) is 36.5 Å². The van der Waals surface area contributed by atoms with Gasteiger partial charge >= 0.3 is 0 Å². The maximum absolute atomic E-state index is 13.1. The summed E-state index contributed by atoms with van der Waals surface area (Å²) < 4.78 is 26.1. The minimum atomic E-state index is -0.708. The van der Waals surface area contributed by atoms with E-state index >= 15 is 0 Å². The van der Waals surface area contributed by atoms with Crippen molar-refractivity contribution < 1.29 is 13.6 Å². The second kappa shape index (κ2) is 6.95. The van der Waals surface area contributed by atoms with Gasteiger partial charge in [0, 0.05) is 23.8 Å². The van der Waals surface area contributed by atoms with Crippen molar-refractivity contribution in [2.75, 3.05) is 18.9 Å². The van der Waals surface area contributed by atoms with Gasteiger partial charge in [0.15, 0.2) is 0 Å². The molecule has 21 heavy (non-hydrogen) atoms. The van der Waals surface area contributed by atoms with E-state index < -0.39 is 11.6 Å². The third-order valence-corrected chi connectivity index (χ3v) is 3.90. The molecule has 6 heteroatoms. The monoisotopic (exact) mass is 297 g/mol. The van der Waals surface area contributed by atoms with Crippen molar-refractivity contribution in [1.82, 2.24) is 4.90 Å².